The first-order valence-corrected chi connectivity index (χ1v) is 6.48. The van der Waals surface area contributed by atoms with Crippen LogP contribution >= 0.6 is 0 Å². The van der Waals surface area contributed by atoms with E-state index in [9.17, 15) is 5.11 Å². The summed E-state index contributed by atoms with van der Waals surface area (Å²) in [5.41, 5.74) is 1.70. The number of aliphatic hydroxyl groups excluding tert-OH is 1. The molecule has 2 aromatic carbocycles. The Morgan fingerprint density at radius 3 is 2.55 bits per heavy atom. The molecule has 0 amide bonds. The average molecular weight is 263 g/mol. The first kappa shape index (κ1) is 12.4. The maximum Gasteiger partial charge on any atom is 0.244 e. The van der Waals surface area contributed by atoms with Crippen LogP contribution in [0.5, 0.6) is 0 Å². The third-order valence-corrected chi connectivity index (χ3v) is 3.21. The number of aliphatic hydroxyl groups is 1. The van der Waals surface area contributed by atoms with Crippen LogP contribution in [0.4, 0.5) is 0 Å². The number of nitrogens with zero attached hydrogens (tertiary/aromatic N) is 2. The van der Waals surface area contributed by atoms with E-state index in [-0.39, 0.29) is 5.76 Å². The van der Waals surface area contributed by atoms with Gasteiger partial charge in [0, 0.05) is 16.0 Å². The molecule has 0 atom stereocenters. The van der Waals surface area contributed by atoms with Gasteiger partial charge in [0.25, 0.3) is 0 Å². The fraction of sp³-hybridized carbons (Fsp3) is 0.0588. The SMILES string of the molecule is Cc1n[n+](/C=C(\O)c2ccccc2)cc2ccccc12. The molecule has 20 heavy (non-hydrogen) atoms. The molecule has 0 fully saturated rings. The minimum atomic E-state index is 0.192. The van der Waals surface area contributed by atoms with Crippen LogP contribution in [-0.2, 0) is 0 Å². The van der Waals surface area contributed by atoms with Crippen molar-refractivity contribution in [1.82, 2.24) is 5.10 Å². The van der Waals surface area contributed by atoms with Crippen LogP contribution in [0.2, 0.25) is 0 Å². The standard InChI is InChI=1S/C17H14N2O/c1-13-16-10-6-5-9-15(16)11-19(18-13)12-17(20)14-7-3-2-4-8-14/h2-12H,1H3/p+1. The zero-order chi connectivity index (χ0) is 13.9. The highest BCUT2D eigenvalue weighted by atomic mass is 16.3. The molecule has 1 aromatic heterocycles. The average Bonchev–Trinajstić information content (AvgIpc) is 2.48. The third kappa shape index (κ3) is 2.38. The predicted molar refractivity (Wildman–Crippen MR) is 79.9 cm³/mol. The van der Waals surface area contributed by atoms with Gasteiger partial charge in [-0.3, -0.25) is 0 Å². The van der Waals surface area contributed by atoms with Crippen LogP contribution in [0, 0.1) is 6.92 Å². The summed E-state index contributed by atoms with van der Waals surface area (Å²) in [6.45, 7) is 1.96. The number of aryl methyl sites for hydroxylation is 1. The minimum absolute atomic E-state index is 0.192. The number of hydrogen-bond acceptors (Lipinski definition) is 2. The fourth-order valence-corrected chi connectivity index (χ4v) is 2.21. The van der Waals surface area contributed by atoms with E-state index in [4.69, 9.17) is 0 Å². The lowest BCUT2D eigenvalue weighted by Gasteiger charge is -1.99. The minimum Gasteiger partial charge on any atom is -0.502 e. The Bertz CT molecular complexity index is 779. The van der Waals surface area contributed by atoms with E-state index in [1.807, 2.05) is 67.7 Å². The second-order valence-corrected chi connectivity index (χ2v) is 4.66. The van der Waals surface area contributed by atoms with Crippen molar-refractivity contribution in [3.63, 3.8) is 0 Å². The molecular weight excluding hydrogens is 248 g/mol. The maximum atomic E-state index is 10.1. The molecule has 0 radical (unpaired) electrons. The molecule has 1 N–H and O–H groups in total. The molecule has 3 nitrogen and oxygen atoms in total. The Hall–Kier alpha value is -2.68. The molecule has 0 spiro atoms. The quantitative estimate of drug-likeness (QED) is 0.568. The number of benzene rings is 2. The van der Waals surface area contributed by atoms with Gasteiger partial charge in [0.2, 0.25) is 12.4 Å². The lowest BCUT2D eigenvalue weighted by atomic mass is 10.1. The normalized spacial score (nSPS) is 11.8. The van der Waals surface area contributed by atoms with Crippen LogP contribution in [0.3, 0.4) is 0 Å². The van der Waals surface area contributed by atoms with Crippen LogP contribution in [-0.4, -0.2) is 10.2 Å². The molecular formula is C17H15N2O+. The Kier molecular flexibility index (Phi) is 3.17. The van der Waals surface area contributed by atoms with E-state index in [2.05, 4.69) is 5.10 Å². The summed E-state index contributed by atoms with van der Waals surface area (Å²) >= 11 is 0. The zero-order valence-electron chi connectivity index (χ0n) is 11.2. The topological polar surface area (TPSA) is 37.0 Å². The molecule has 0 bridgehead atoms. The van der Waals surface area contributed by atoms with Gasteiger partial charge in [-0.2, -0.15) is 0 Å². The number of rotatable bonds is 2. The van der Waals surface area contributed by atoms with Gasteiger partial charge in [0.15, 0.2) is 5.76 Å². The second-order valence-electron chi connectivity index (χ2n) is 4.66. The molecule has 0 saturated heterocycles. The van der Waals surface area contributed by atoms with Gasteiger partial charge in [-0.05, 0) is 13.0 Å². The van der Waals surface area contributed by atoms with Crippen molar-refractivity contribution >= 4 is 22.7 Å². The van der Waals surface area contributed by atoms with Crippen molar-refractivity contribution in [3.05, 3.63) is 72.1 Å². The van der Waals surface area contributed by atoms with E-state index in [0.717, 1.165) is 22.0 Å². The molecule has 0 saturated carbocycles. The molecule has 0 aliphatic carbocycles. The predicted octanol–water partition coefficient (Wildman–Crippen LogP) is 3.34. The van der Waals surface area contributed by atoms with Crippen molar-refractivity contribution in [2.75, 3.05) is 0 Å². The van der Waals surface area contributed by atoms with Gasteiger partial charge in [-0.1, -0.05) is 53.2 Å². The van der Waals surface area contributed by atoms with Crippen LogP contribution in [0.1, 0.15) is 11.3 Å². The lowest BCUT2D eigenvalue weighted by molar-refractivity contribution is -0.633. The van der Waals surface area contributed by atoms with Gasteiger partial charge in [-0.25, -0.2) is 0 Å². The van der Waals surface area contributed by atoms with Crippen molar-refractivity contribution in [1.29, 1.82) is 0 Å². The van der Waals surface area contributed by atoms with Crippen molar-refractivity contribution < 1.29 is 9.79 Å². The largest absolute Gasteiger partial charge is 0.502 e. The van der Waals surface area contributed by atoms with Gasteiger partial charge in [0.05, 0.1) is 5.39 Å². The van der Waals surface area contributed by atoms with Crippen LogP contribution < -0.4 is 4.68 Å². The highest BCUT2D eigenvalue weighted by Crippen LogP contribution is 2.14. The molecule has 1 heterocycles. The molecule has 0 unspecified atom stereocenters. The van der Waals surface area contributed by atoms with E-state index in [1.54, 1.807) is 10.9 Å². The number of fused-ring (bicyclic) bond motifs is 1. The van der Waals surface area contributed by atoms with Crippen LogP contribution in [0.25, 0.3) is 22.7 Å². The smallest absolute Gasteiger partial charge is 0.244 e. The van der Waals surface area contributed by atoms with E-state index >= 15 is 0 Å². The van der Waals surface area contributed by atoms with E-state index in [1.165, 1.54) is 0 Å². The van der Waals surface area contributed by atoms with Crippen molar-refractivity contribution in [3.8, 4) is 0 Å². The summed E-state index contributed by atoms with van der Waals surface area (Å²) in [5, 5.41) is 16.8. The highest BCUT2D eigenvalue weighted by Gasteiger charge is 2.09. The van der Waals surface area contributed by atoms with Crippen molar-refractivity contribution in [2.45, 2.75) is 6.92 Å². The summed E-state index contributed by atoms with van der Waals surface area (Å²) in [4.78, 5) is 0. The lowest BCUT2D eigenvalue weighted by Crippen LogP contribution is -2.31. The third-order valence-electron chi connectivity index (χ3n) is 3.21. The zero-order valence-corrected chi connectivity index (χ0v) is 11.2. The molecule has 3 heteroatoms. The fourth-order valence-electron chi connectivity index (χ4n) is 2.21. The van der Waals surface area contributed by atoms with Gasteiger partial charge >= 0.3 is 0 Å². The number of hydrogen-bond donors (Lipinski definition) is 1. The molecule has 98 valence electrons. The summed E-state index contributed by atoms with van der Waals surface area (Å²) in [7, 11) is 0. The Labute approximate surface area is 117 Å². The van der Waals surface area contributed by atoms with Gasteiger partial charge in [0.1, 0.15) is 5.69 Å². The second kappa shape index (κ2) is 5.13. The summed E-state index contributed by atoms with van der Waals surface area (Å²) in [6.07, 6.45) is 3.52. The van der Waals surface area contributed by atoms with Crippen LogP contribution in [0.15, 0.2) is 60.8 Å². The molecule has 0 aliphatic rings. The molecule has 3 aromatic rings. The monoisotopic (exact) mass is 263 g/mol. The summed E-state index contributed by atoms with van der Waals surface area (Å²) in [6, 6.07) is 17.5. The first-order valence-electron chi connectivity index (χ1n) is 6.48. The Morgan fingerprint density at radius 2 is 1.75 bits per heavy atom. The Balaban J connectivity index is 2.07. The maximum absolute atomic E-state index is 10.1. The van der Waals surface area contributed by atoms with E-state index in [0.29, 0.717) is 0 Å². The summed E-state index contributed by atoms with van der Waals surface area (Å²) < 4.78 is 1.65. The number of aromatic nitrogens is 2. The first-order chi connectivity index (χ1) is 9.74. The van der Waals surface area contributed by atoms with E-state index < -0.39 is 0 Å². The highest BCUT2D eigenvalue weighted by molar-refractivity contribution is 5.82. The van der Waals surface area contributed by atoms with Crippen molar-refractivity contribution in [2.24, 2.45) is 0 Å². The summed E-state index contributed by atoms with van der Waals surface area (Å²) in [5.74, 6) is 0.192. The van der Waals surface area contributed by atoms with Gasteiger partial charge in [-0.15, -0.1) is 0 Å². The van der Waals surface area contributed by atoms with Gasteiger partial charge < -0.3 is 5.11 Å². The Morgan fingerprint density at radius 1 is 1.05 bits per heavy atom. The molecule has 0 aliphatic heterocycles. The molecule has 3 rings (SSSR count).